The van der Waals surface area contributed by atoms with Crippen LogP contribution in [0.3, 0.4) is 0 Å². The summed E-state index contributed by atoms with van der Waals surface area (Å²) >= 11 is 0. The van der Waals surface area contributed by atoms with E-state index in [1.807, 2.05) is 0 Å². The van der Waals surface area contributed by atoms with E-state index in [4.69, 9.17) is 4.74 Å². The SMILES string of the molecule is CCN1c2cc(OC)c(C=Nc3ccc(C)c([N+](=O)[O-])c3)cc2C(C)CC1(C)C. The molecule has 1 atom stereocenters. The molecule has 0 radical (unpaired) electrons. The maximum Gasteiger partial charge on any atom is 0.274 e. The minimum Gasteiger partial charge on any atom is -0.496 e. The quantitative estimate of drug-likeness (QED) is 0.366. The van der Waals surface area contributed by atoms with Crippen molar-refractivity contribution in [1.29, 1.82) is 0 Å². The van der Waals surface area contributed by atoms with Crippen LogP contribution in [0.4, 0.5) is 17.1 Å². The molecule has 2 aromatic rings. The molecule has 1 aliphatic heterocycles. The monoisotopic (exact) mass is 395 g/mol. The van der Waals surface area contributed by atoms with Gasteiger partial charge in [0.1, 0.15) is 5.75 Å². The number of nitrogens with zero attached hydrogens (tertiary/aromatic N) is 3. The van der Waals surface area contributed by atoms with E-state index < -0.39 is 0 Å². The van der Waals surface area contributed by atoms with Crippen LogP contribution in [0.25, 0.3) is 0 Å². The number of methoxy groups -OCH3 is 1. The Kier molecular flexibility index (Phi) is 5.64. The first-order chi connectivity index (χ1) is 13.7. The van der Waals surface area contributed by atoms with Gasteiger partial charge >= 0.3 is 0 Å². The minimum absolute atomic E-state index is 0.0755. The summed E-state index contributed by atoms with van der Waals surface area (Å²) in [4.78, 5) is 17.7. The average molecular weight is 396 g/mol. The topological polar surface area (TPSA) is 68.0 Å². The first-order valence-electron chi connectivity index (χ1n) is 9.96. The summed E-state index contributed by atoms with van der Waals surface area (Å²) in [5.74, 6) is 1.17. The largest absolute Gasteiger partial charge is 0.496 e. The first kappa shape index (κ1) is 20.8. The normalized spacial score (nSPS) is 18.0. The second kappa shape index (κ2) is 7.85. The number of nitro benzene ring substituents is 1. The number of aryl methyl sites for hydroxylation is 1. The lowest BCUT2D eigenvalue weighted by Crippen LogP contribution is -2.48. The maximum atomic E-state index is 11.2. The summed E-state index contributed by atoms with van der Waals surface area (Å²) in [6.45, 7) is 11.6. The number of ether oxygens (including phenoxy) is 1. The Bertz CT molecular complexity index is 966. The van der Waals surface area contributed by atoms with Crippen LogP contribution in [0.2, 0.25) is 0 Å². The predicted molar refractivity (Wildman–Crippen MR) is 118 cm³/mol. The molecule has 0 bridgehead atoms. The summed E-state index contributed by atoms with van der Waals surface area (Å²) in [6.07, 6.45) is 2.80. The van der Waals surface area contributed by atoms with Crippen molar-refractivity contribution >= 4 is 23.3 Å². The Morgan fingerprint density at radius 1 is 1.34 bits per heavy atom. The van der Waals surface area contributed by atoms with Crippen molar-refractivity contribution in [2.75, 3.05) is 18.6 Å². The second-order valence-electron chi connectivity index (χ2n) is 8.30. The van der Waals surface area contributed by atoms with Gasteiger partial charge in [-0.15, -0.1) is 0 Å². The molecular formula is C23H29N3O3. The van der Waals surface area contributed by atoms with Crippen LogP contribution in [-0.4, -0.2) is 30.3 Å². The van der Waals surface area contributed by atoms with Crippen LogP contribution in [-0.2, 0) is 0 Å². The van der Waals surface area contributed by atoms with Crippen LogP contribution in [0.15, 0.2) is 35.3 Å². The van der Waals surface area contributed by atoms with Gasteiger partial charge in [-0.2, -0.15) is 0 Å². The summed E-state index contributed by atoms with van der Waals surface area (Å²) in [5, 5.41) is 11.2. The molecule has 0 N–H and O–H groups in total. The zero-order valence-electron chi connectivity index (χ0n) is 18.0. The number of nitro groups is 1. The van der Waals surface area contributed by atoms with E-state index in [9.17, 15) is 10.1 Å². The van der Waals surface area contributed by atoms with Gasteiger partial charge in [0.25, 0.3) is 5.69 Å². The summed E-state index contributed by atoms with van der Waals surface area (Å²) in [5.41, 5.74) is 4.69. The lowest BCUT2D eigenvalue weighted by Gasteiger charge is -2.47. The third-order valence-corrected chi connectivity index (χ3v) is 5.80. The smallest absolute Gasteiger partial charge is 0.274 e. The Labute approximate surface area is 172 Å². The lowest BCUT2D eigenvalue weighted by atomic mass is 9.79. The molecule has 0 aliphatic carbocycles. The van der Waals surface area contributed by atoms with Crippen molar-refractivity contribution in [3.63, 3.8) is 0 Å². The van der Waals surface area contributed by atoms with E-state index in [0.717, 1.165) is 24.3 Å². The maximum absolute atomic E-state index is 11.2. The summed E-state index contributed by atoms with van der Waals surface area (Å²) in [7, 11) is 1.66. The number of aliphatic imine (C=N–C) groups is 1. The fourth-order valence-electron chi connectivity index (χ4n) is 4.42. The zero-order valence-corrected chi connectivity index (χ0v) is 18.0. The van der Waals surface area contributed by atoms with E-state index in [-0.39, 0.29) is 16.1 Å². The molecule has 0 spiro atoms. The van der Waals surface area contributed by atoms with Gasteiger partial charge in [0.15, 0.2) is 0 Å². The van der Waals surface area contributed by atoms with Gasteiger partial charge in [0.2, 0.25) is 0 Å². The number of anilines is 1. The minimum atomic E-state index is -0.378. The first-order valence-corrected chi connectivity index (χ1v) is 9.96. The second-order valence-corrected chi connectivity index (χ2v) is 8.30. The van der Waals surface area contributed by atoms with Gasteiger partial charge < -0.3 is 9.64 Å². The molecule has 154 valence electrons. The molecule has 0 saturated carbocycles. The molecule has 1 heterocycles. The van der Waals surface area contributed by atoms with E-state index >= 15 is 0 Å². The van der Waals surface area contributed by atoms with Crippen LogP contribution >= 0.6 is 0 Å². The Balaban J connectivity index is 2.04. The molecular weight excluding hydrogens is 366 g/mol. The molecule has 0 amide bonds. The van der Waals surface area contributed by atoms with Crippen LogP contribution < -0.4 is 9.64 Å². The van der Waals surface area contributed by atoms with Gasteiger partial charge in [0.05, 0.1) is 17.7 Å². The molecule has 0 aromatic heterocycles. The Hall–Kier alpha value is -2.89. The molecule has 0 fully saturated rings. The number of benzene rings is 2. The van der Waals surface area contributed by atoms with Crippen molar-refractivity contribution in [1.82, 2.24) is 0 Å². The molecule has 6 heteroatoms. The highest BCUT2D eigenvalue weighted by atomic mass is 16.6. The van der Waals surface area contributed by atoms with E-state index in [0.29, 0.717) is 17.2 Å². The van der Waals surface area contributed by atoms with Gasteiger partial charge in [0, 0.05) is 47.2 Å². The third-order valence-electron chi connectivity index (χ3n) is 5.80. The molecule has 1 aliphatic rings. The summed E-state index contributed by atoms with van der Waals surface area (Å²) in [6, 6.07) is 9.24. The number of fused-ring (bicyclic) bond motifs is 1. The fraction of sp³-hybridized carbons (Fsp3) is 0.435. The number of hydrogen-bond donors (Lipinski definition) is 0. The van der Waals surface area contributed by atoms with Crippen molar-refractivity contribution in [3.8, 4) is 5.75 Å². The standard InChI is InChI=1S/C23H29N3O3/c1-7-25-21-12-22(29-6)17(10-19(21)16(3)13-23(25,4)5)14-24-18-9-8-15(2)20(11-18)26(27)28/h8-12,14,16H,7,13H2,1-6H3. The van der Waals surface area contributed by atoms with E-state index in [1.165, 1.54) is 17.3 Å². The lowest BCUT2D eigenvalue weighted by molar-refractivity contribution is -0.385. The Morgan fingerprint density at radius 2 is 2.07 bits per heavy atom. The highest BCUT2D eigenvalue weighted by Crippen LogP contribution is 2.45. The molecule has 6 nitrogen and oxygen atoms in total. The molecule has 29 heavy (non-hydrogen) atoms. The van der Waals surface area contributed by atoms with Gasteiger partial charge in [-0.3, -0.25) is 15.1 Å². The van der Waals surface area contributed by atoms with Crippen molar-refractivity contribution in [2.45, 2.75) is 52.5 Å². The van der Waals surface area contributed by atoms with Crippen molar-refractivity contribution in [3.05, 3.63) is 57.1 Å². The predicted octanol–water partition coefficient (Wildman–Crippen LogP) is 5.77. The van der Waals surface area contributed by atoms with Crippen LogP contribution in [0.1, 0.15) is 56.7 Å². The zero-order chi connectivity index (χ0) is 21.3. The number of hydrogen-bond acceptors (Lipinski definition) is 5. The van der Waals surface area contributed by atoms with Gasteiger partial charge in [-0.05, 0) is 57.7 Å². The van der Waals surface area contributed by atoms with Gasteiger partial charge in [-0.25, -0.2) is 0 Å². The van der Waals surface area contributed by atoms with Crippen molar-refractivity contribution < 1.29 is 9.66 Å². The highest BCUT2D eigenvalue weighted by Gasteiger charge is 2.36. The number of rotatable bonds is 5. The van der Waals surface area contributed by atoms with E-state index in [1.54, 1.807) is 32.4 Å². The molecule has 0 saturated heterocycles. The van der Waals surface area contributed by atoms with Crippen LogP contribution in [0, 0.1) is 17.0 Å². The average Bonchev–Trinajstić information content (AvgIpc) is 2.66. The van der Waals surface area contributed by atoms with Crippen molar-refractivity contribution in [2.24, 2.45) is 4.99 Å². The van der Waals surface area contributed by atoms with Crippen LogP contribution in [0.5, 0.6) is 5.75 Å². The third kappa shape index (κ3) is 3.97. The van der Waals surface area contributed by atoms with Gasteiger partial charge in [-0.1, -0.05) is 13.0 Å². The fourth-order valence-corrected chi connectivity index (χ4v) is 4.42. The highest BCUT2D eigenvalue weighted by molar-refractivity contribution is 5.88. The Morgan fingerprint density at radius 3 is 2.69 bits per heavy atom. The molecule has 1 unspecified atom stereocenters. The molecule has 2 aromatic carbocycles. The molecule has 3 rings (SSSR count). The summed E-state index contributed by atoms with van der Waals surface area (Å²) < 4.78 is 5.65. The van der Waals surface area contributed by atoms with E-state index in [2.05, 4.69) is 49.7 Å².